The van der Waals surface area contributed by atoms with E-state index in [-0.39, 0.29) is 44.2 Å². The highest BCUT2D eigenvalue weighted by Crippen LogP contribution is 2.30. The van der Waals surface area contributed by atoms with Crippen molar-refractivity contribution in [3.8, 4) is 5.75 Å². The third-order valence-corrected chi connectivity index (χ3v) is 9.95. The Kier molecular flexibility index (Phi) is 11.1. The van der Waals surface area contributed by atoms with E-state index >= 15 is 0 Å². The highest BCUT2D eigenvalue weighted by Gasteiger charge is 2.45. The zero-order valence-corrected chi connectivity index (χ0v) is 30.0. The van der Waals surface area contributed by atoms with Crippen molar-refractivity contribution in [2.45, 2.75) is 82.9 Å². The van der Waals surface area contributed by atoms with Crippen LogP contribution in [-0.2, 0) is 43.4 Å². The number of aliphatic carboxylic acids is 1. The minimum Gasteiger partial charge on any atom is -0.487 e. The van der Waals surface area contributed by atoms with Gasteiger partial charge in [0.2, 0.25) is 23.6 Å². The summed E-state index contributed by atoms with van der Waals surface area (Å²) in [6, 6.07) is 8.80. The van der Waals surface area contributed by atoms with Gasteiger partial charge in [0, 0.05) is 42.9 Å². The van der Waals surface area contributed by atoms with E-state index in [1.807, 2.05) is 38.1 Å². The van der Waals surface area contributed by atoms with Crippen molar-refractivity contribution < 1.29 is 33.8 Å². The summed E-state index contributed by atoms with van der Waals surface area (Å²) in [4.78, 5) is 72.8. The van der Waals surface area contributed by atoms with E-state index in [0.29, 0.717) is 17.0 Å². The Hall–Kier alpha value is -5.77. The predicted octanol–water partition coefficient (Wildman–Crippen LogP) is 1.08. The van der Waals surface area contributed by atoms with E-state index < -0.39 is 59.9 Å². The number of carboxylic acid groups (broad SMARTS) is 1. The van der Waals surface area contributed by atoms with Gasteiger partial charge in [0.1, 0.15) is 42.2 Å². The van der Waals surface area contributed by atoms with Crippen LogP contribution < -0.4 is 26.0 Å². The number of aromatic amines is 1. The van der Waals surface area contributed by atoms with E-state index in [1.54, 1.807) is 55.3 Å². The van der Waals surface area contributed by atoms with Crippen LogP contribution in [0.3, 0.4) is 0 Å². The fourth-order valence-electron chi connectivity index (χ4n) is 6.74. The highest BCUT2D eigenvalue weighted by molar-refractivity contribution is 5.96. The van der Waals surface area contributed by atoms with Crippen LogP contribution >= 0.6 is 0 Å². The molecular weight excluding hydrogens is 682 g/mol. The summed E-state index contributed by atoms with van der Waals surface area (Å²) in [6.45, 7) is 5.45. The molecule has 53 heavy (non-hydrogen) atoms. The Labute approximate surface area is 306 Å². The second-order valence-corrected chi connectivity index (χ2v) is 14.0. The lowest BCUT2D eigenvalue weighted by molar-refractivity contribution is -0.144. The molecule has 4 aromatic rings. The third kappa shape index (κ3) is 8.32. The molecule has 0 aliphatic carbocycles. The minimum absolute atomic E-state index is 0.0233. The van der Waals surface area contributed by atoms with E-state index in [9.17, 15) is 29.1 Å². The highest BCUT2D eigenvalue weighted by atomic mass is 16.5. The molecule has 6 N–H and O–H groups in total. The van der Waals surface area contributed by atoms with Crippen LogP contribution in [0.4, 0.5) is 0 Å². The number of rotatable bonds is 8. The molecule has 3 aliphatic heterocycles. The first kappa shape index (κ1) is 37.0. The first-order valence-electron chi connectivity index (χ1n) is 17.7. The van der Waals surface area contributed by atoms with Gasteiger partial charge >= 0.3 is 5.97 Å². The van der Waals surface area contributed by atoms with Gasteiger partial charge in [-0.2, -0.15) is 0 Å². The second kappa shape index (κ2) is 15.9. The van der Waals surface area contributed by atoms with Gasteiger partial charge in [0.05, 0.1) is 18.3 Å². The molecule has 4 amide bonds. The van der Waals surface area contributed by atoms with Crippen LogP contribution in [0.2, 0.25) is 0 Å². The summed E-state index contributed by atoms with van der Waals surface area (Å²) in [5.41, 5.74) is 2.73. The largest absolute Gasteiger partial charge is 0.487 e. The Bertz CT molecular complexity index is 1970. The van der Waals surface area contributed by atoms with Gasteiger partial charge in [-0.1, -0.05) is 49.4 Å². The zero-order chi connectivity index (χ0) is 37.8. The normalized spacial score (nSPS) is 21.9. The molecule has 16 nitrogen and oxygen atoms in total. The molecule has 16 heteroatoms. The number of nitrogens with zero attached hydrogens (tertiary/aromatic N) is 4. The zero-order valence-electron chi connectivity index (χ0n) is 30.0. The van der Waals surface area contributed by atoms with Crippen LogP contribution in [0.1, 0.15) is 50.1 Å². The average molecular weight is 728 g/mol. The minimum atomic E-state index is -1.31. The maximum absolute atomic E-state index is 14.4. The number of benzene rings is 2. The molecule has 1 saturated heterocycles. The summed E-state index contributed by atoms with van der Waals surface area (Å²) >= 11 is 0. The van der Waals surface area contributed by atoms with Gasteiger partial charge in [0.15, 0.2) is 0 Å². The lowest BCUT2D eigenvalue weighted by atomic mass is 10.0. The first-order valence-corrected chi connectivity index (χ1v) is 17.7. The molecule has 3 aliphatic rings. The summed E-state index contributed by atoms with van der Waals surface area (Å²) in [5, 5.41) is 30.8. The number of para-hydroxylation sites is 1. The lowest BCUT2D eigenvalue weighted by Crippen LogP contribution is -2.59. The van der Waals surface area contributed by atoms with Crippen molar-refractivity contribution in [2.24, 2.45) is 5.92 Å². The first-order chi connectivity index (χ1) is 25.4. The second-order valence-electron chi connectivity index (χ2n) is 14.0. The molecule has 0 unspecified atom stereocenters. The van der Waals surface area contributed by atoms with Gasteiger partial charge in [-0.05, 0) is 49.2 Å². The Morgan fingerprint density at radius 1 is 1.04 bits per heavy atom. The average Bonchev–Trinajstić information content (AvgIpc) is 3.91. The quantitative estimate of drug-likeness (QED) is 0.152. The summed E-state index contributed by atoms with van der Waals surface area (Å²) in [5.74, 6) is -3.18. The van der Waals surface area contributed by atoms with E-state index in [4.69, 9.17) is 4.74 Å². The fourth-order valence-corrected chi connectivity index (χ4v) is 6.74. The number of fused-ring (bicyclic) bond motifs is 10. The molecule has 280 valence electrons. The Morgan fingerprint density at radius 2 is 1.79 bits per heavy atom. The molecule has 0 spiro atoms. The molecule has 0 radical (unpaired) electrons. The van der Waals surface area contributed by atoms with Crippen molar-refractivity contribution in [3.05, 3.63) is 77.7 Å². The topological polar surface area (TPSA) is 213 Å². The van der Waals surface area contributed by atoms with Gasteiger partial charge < -0.3 is 41.0 Å². The molecule has 2 aromatic carbocycles. The van der Waals surface area contributed by atoms with Crippen molar-refractivity contribution >= 4 is 40.5 Å². The SMILES string of the molecule is CN[C@@H](C)C(=O)N[C@H](C(=O)N1C[C@@H]2C[C@H]1C(=O)N[C@@H](Cc1c[nH]c3ccccc13)C(=O)N[C@H](C(=O)O)Cc1ccc(cc1)OCc1cn2nn1)C(C)C. The van der Waals surface area contributed by atoms with Crippen LogP contribution in [0.25, 0.3) is 10.9 Å². The lowest BCUT2D eigenvalue weighted by Gasteiger charge is -2.31. The maximum Gasteiger partial charge on any atom is 0.326 e. The summed E-state index contributed by atoms with van der Waals surface area (Å²) in [7, 11) is 1.64. The van der Waals surface area contributed by atoms with Gasteiger partial charge in [-0.15, -0.1) is 5.10 Å². The van der Waals surface area contributed by atoms with Gasteiger partial charge in [-0.3, -0.25) is 19.2 Å². The number of carbonyl (C=O) groups excluding carboxylic acids is 4. The smallest absolute Gasteiger partial charge is 0.326 e. The van der Waals surface area contributed by atoms with Crippen molar-refractivity contribution in [3.63, 3.8) is 0 Å². The van der Waals surface area contributed by atoms with Crippen LogP contribution in [-0.4, -0.2) is 103 Å². The van der Waals surface area contributed by atoms with Crippen LogP contribution in [0.15, 0.2) is 60.9 Å². The number of hydrogen-bond donors (Lipinski definition) is 6. The number of likely N-dealkylation sites (tertiary alicyclic amines) is 1. The van der Waals surface area contributed by atoms with E-state index in [2.05, 4.69) is 36.6 Å². The molecule has 6 bridgehead atoms. The predicted molar refractivity (Wildman–Crippen MR) is 192 cm³/mol. The molecule has 6 atom stereocenters. The number of likely N-dealkylation sites (N-methyl/N-ethyl adjacent to an activating group) is 1. The fraction of sp³-hybridized carbons (Fsp3) is 0.432. The molecule has 2 aromatic heterocycles. The summed E-state index contributed by atoms with van der Waals surface area (Å²) < 4.78 is 7.51. The van der Waals surface area contributed by atoms with Crippen molar-refractivity contribution in [1.29, 1.82) is 0 Å². The maximum atomic E-state index is 14.4. The summed E-state index contributed by atoms with van der Waals surface area (Å²) in [6.07, 6.45) is 3.60. The number of ether oxygens (including phenoxy) is 1. The van der Waals surface area contributed by atoms with E-state index in [0.717, 1.165) is 16.5 Å². The number of hydrogen-bond acceptors (Lipinski definition) is 9. The number of nitrogens with one attached hydrogen (secondary N) is 5. The molecular formula is C37H45N9O7. The number of amides is 4. The van der Waals surface area contributed by atoms with E-state index in [1.165, 1.54) is 4.90 Å². The number of carbonyl (C=O) groups is 5. The van der Waals surface area contributed by atoms with Crippen LogP contribution in [0, 0.1) is 5.92 Å². The molecule has 1 fully saturated rings. The Morgan fingerprint density at radius 3 is 2.51 bits per heavy atom. The molecule has 0 saturated carbocycles. The van der Waals surface area contributed by atoms with Gasteiger partial charge in [-0.25, -0.2) is 9.48 Å². The molecule has 5 heterocycles. The monoisotopic (exact) mass is 727 g/mol. The standard InChI is InChI=1S/C37H45N9O7/c1-20(2)32(42-33(47)21(3)38-4)36(50)45-18-25-15-31(45)35(49)40-29(14-23-16-39-28-8-6-5-7-27(23)28)34(48)41-30(37(51)52)13-22-9-11-26(12-10-22)53-19-24-17-46(25)44-43-24/h5-12,16-17,20-21,25,29-32,38-39H,13-15,18-19H2,1-4H3,(H,40,49)(H,41,48)(H,42,47)(H,51,52)/t21-,25-,29-,30-,31-,32-/m0/s1. The third-order valence-electron chi connectivity index (χ3n) is 9.95. The van der Waals surface area contributed by atoms with Crippen LogP contribution in [0.5, 0.6) is 5.75 Å². The number of aromatic nitrogens is 4. The number of carboxylic acids is 1. The molecule has 7 rings (SSSR count). The Balaban J connectivity index is 1.37. The number of H-pyrrole nitrogens is 1. The van der Waals surface area contributed by atoms with Gasteiger partial charge in [0.25, 0.3) is 0 Å². The van der Waals surface area contributed by atoms with Crippen molar-refractivity contribution in [2.75, 3.05) is 13.6 Å². The van der Waals surface area contributed by atoms with Crippen molar-refractivity contribution in [1.82, 2.24) is 46.1 Å².